The first kappa shape index (κ1) is 13.4. The molecule has 0 unspecified atom stereocenters. The number of ether oxygens (including phenoxy) is 2. The lowest BCUT2D eigenvalue weighted by molar-refractivity contribution is -0.0678. The van der Waals surface area contributed by atoms with Crippen LogP contribution in [0.15, 0.2) is 29.1 Å². The zero-order valence-electron chi connectivity index (χ0n) is 10.7. The maximum atomic E-state index is 11.8. The first-order valence-electron chi connectivity index (χ1n) is 5.70. The third kappa shape index (κ3) is 2.54. The van der Waals surface area contributed by atoms with E-state index in [1.807, 2.05) is 0 Å². The van der Waals surface area contributed by atoms with Crippen molar-refractivity contribution >= 4 is 10.9 Å². The van der Waals surface area contributed by atoms with Crippen LogP contribution in [0.1, 0.15) is 0 Å². The van der Waals surface area contributed by atoms with Crippen molar-refractivity contribution in [2.75, 3.05) is 13.7 Å². The van der Waals surface area contributed by atoms with Gasteiger partial charge in [-0.15, -0.1) is 0 Å². The minimum absolute atomic E-state index is 0.232. The predicted molar refractivity (Wildman–Crippen MR) is 69.5 cm³/mol. The van der Waals surface area contributed by atoms with Gasteiger partial charge in [-0.2, -0.15) is 0 Å². The number of para-hydroxylation sites is 1. The first-order valence-corrected chi connectivity index (χ1v) is 5.70. The summed E-state index contributed by atoms with van der Waals surface area (Å²) in [5.74, 6) is 0.845. The van der Waals surface area contributed by atoms with Crippen LogP contribution in [0.3, 0.4) is 0 Å². The van der Waals surface area contributed by atoms with Crippen LogP contribution >= 0.6 is 0 Å². The molecule has 2 N–H and O–H groups in total. The summed E-state index contributed by atoms with van der Waals surface area (Å²) in [6.45, 7) is -0.273. The minimum atomic E-state index is -1.57. The monoisotopic (exact) mass is 265 g/mol. The van der Waals surface area contributed by atoms with E-state index < -0.39 is 6.29 Å². The molecule has 0 fully saturated rings. The maximum Gasteiger partial charge on any atom is 0.254 e. The lowest BCUT2D eigenvalue weighted by Gasteiger charge is -2.14. The molecule has 2 aromatic rings. The van der Waals surface area contributed by atoms with Crippen molar-refractivity contribution in [1.82, 2.24) is 4.57 Å². The SMILES string of the molecule is COc1cc(=O)n(C)c2c(OCC(O)O)cccc12. The highest BCUT2D eigenvalue weighted by molar-refractivity contribution is 5.90. The number of rotatable bonds is 4. The number of nitrogens with zero attached hydrogens (tertiary/aromatic N) is 1. The van der Waals surface area contributed by atoms with Crippen LogP contribution in [-0.4, -0.2) is 34.8 Å². The molecule has 102 valence electrons. The number of aryl methyl sites for hydroxylation is 1. The predicted octanol–water partition coefficient (Wildman–Crippen LogP) is 0.237. The second-order valence-corrected chi connectivity index (χ2v) is 4.05. The van der Waals surface area contributed by atoms with E-state index in [9.17, 15) is 4.79 Å². The highest BCUT2D eigenvalue weighted by Gasteiger charge is 2.12. The van der Waals surface area contributed by atoms with E-state index in [0.717, 1.165) is 5.39 Å². The number of fused-ring (bicyclic) bond motifs is 1. The molecule has 19 heavy (non-hydrogen) atoms. The lowest BCUT2D eigenvalue weighted by Crippen LogP contribution is -2.19. The number of aliphatic hydroxyl groups excluding tert-OH is 1. The van der Waals surface area contributed by atoms with E-state index in [4.69, 9.17) is 19.7 Å². The molecule has 0 saturated heterocycles. The van der Waals surface area contributed by atoms with Crippen molar-refractivity contribution < 1.29 is 19.7 Å². The summed E-state index contributed by atoms with van der Waals surface area (Å²) in [6, 6.07) is 6.60. The Morgan fingerprint density at radius 1 is 1.32 bits per heavy atom. The fraction of sp³-hybridized carbons (Fsp3) is 0.308. The fourth-order valence-corrected chi connectivity index (χ4v) is 1.91. The lowest BCUT2D eigenvalue weighted by atomic mass is 10.2. The van der Waals surface area contributed by atoms with Crippen LogP contribution in [0, 0.1) is 0 Å². The van der Waals surface area contributed by atoms with Gasteiger partial charge in [-0.05, 0) is 12.1 Å². The Bertz CT molecular complexity index is 647. The van der Waals surface area contributed by atoms with E-state index in [1.165, 1.54) is 17.7 Å². The number of benzene rings is 1. The molecule has 0 aliphatic rings. The van der Waals surface area contributed by atoms with E-state index in [1.54, 1.807) is 25.2 Å². The number of pyridine rings is 1. The molecule has 6 nitrogen and oxygen atoms in total. The van der Waals surface area contributed by atoms with E-state index in [0.29, 0.717) is 17.0 Å². The molecule has 1 aromatic heterocycles. The molecule has 0 bridgehead atoms. The van der Waals surface area contributed by atoms with Crippen molar-refractivity contribution in [2.24, 2.45) is 7.05 Å². The summed E-state index contributed by atoms with van der Waals surface area (Å²) in [5, 5.41) is 18.4. The molecule has 0 atom stereocenters. The molecule has 0 saturated carbocycles. The standard InChI is InChI=1S/C13H15NO5/c1-14-11(15)6-10(18-2)8-4-3-5-9(13(8)14)19-7-12(16)17/h3-6,12,16-17H,7H2,1-2H3. The highest BCUT2D eigenvalue weighted by atomic mass is 16.5. The Hall–Kier alpha value is -2.05. The van der Waals surface area contributed by atoms with Crippen LogP contribution in [0.4, 0.5) is 0 Å². The van der Waals surface area contributed by atoms with E-state index in [-0.39, 0.29) is 12.2 Å². The summed E-state index contributed by atoms with van der Waals surface area (Å²) in [6.07, 6.45) is -1.57. The number of aliphatic hydroxyl groups is 2. The molecule has 1 heterocycles. The van der Waals surface area contributed by atoms with Gasteiger partial charge in [0.2, 0.25) is 0 Å². The van der Waals surface area contributed by atoms with E-state index >= 15 is 0 Å². The summed E-state index contributed by atoms with van der Waals surface area (Å²) in [5.41, 5.74) is 0.317. The Labute approximate surface area is 109 Å². The topological polar surface area (TPSA) is 80.9 Å². The largest absolute Gasteiger partial charge is 0.496 e. The number of aromatic nitrogens is 1. The zero-order chi connectivity index (χ0) is 14.0. The average Bonchev–Trinajstić information content (AvgIpc) is 2.40. The van der Waals surface area contributed by atoms with Gasteiger partial charge in [0, 0.05) is 18.5 Å². The number of hydrogen-bond acceptors (Lipinski definition) is 5. The Kier molecular flexibility index (Phi) is 3.73. The van der Waals surface area contributed by atoms with Gasteiger partial charge in [0.05, 0.1) is 12.6 Å². The second kappa shape index (κ2) is 5.29. The maximum absolute atomic E-state index is 11.8. The molecule has 0 radical (unpaired) electrons. The molecule has 0 aliphatic heterocycles. The van der Waals surface area contributed by atoms with E-state index in [2.05, 4.69) is 0 Å². The van der Waals surface area contributed by atoms with Crippen molar-refractivity contribution in [3.05, 3.63) is 34.6 Å². The minimum Gasteiger partial charge on any atom is -0.496 e. The van der Waals surface area contributed by atoms with Gasteiger partial charge < -0.3 is 24.3 Å². The quantitative estimate of drug-likeness (QED) is 0.774. The van der Waals surface area contributed by atoms with Crippen molar-refractivity contribution in [3.8, 4) is 11.5 Å². The Morgan fingerprint density at radius 3 is 2.68 bits per heavy atom. The third-order valence-corrected chi connectivity index (χ3v) is 2.79. The summed E-state index contributed by atoms with van der Waals surface area (Å²) < 4.78 is 11.9. The molecular formula is C13H15NO5. The van der Waals surface area contributed by atoms with Crippen molar-refractivity contribution in [2.45, 2.75) is 6.29 Å². The highest BCUT2D eigenvalue weighted by Crippen LogP contribution is 2.30. The average molecular weight is 265 g/mol. The van der Waals surface area contributed by atoms with Crippen molar-refractivity contribution in [3.63, 3.8) is 0 Å². The molecule has 2 rings (SSSR count). The number of methoxy groups -OCH3 is 1. The Balaban J connectivity index is 2.65. The summed E-state index contributed by atoms with van der Waals surface area (Å²) >= 11 is 0. The normalized spacial score (nSPS) is 11.0. The van der Waals surface area contributed by atoms with Gasteiger partial charge in [-0.1, -0.05) is 6.07 Å². The molecule has 0 amide bonds. The summed E-state index contributed by atoms with van der Waals surface area (Å²) in [7, 11) is 3.10. The third-order valence-electron chi connectivity index (χ3n) is 2.79. The molecule has 1 aromatic carbocycles. The van der Waals surface area contributed by atoms with Crippen LogP contribution in [0.25, 0.3) is 10.9 Å². The molecule has 6 heteroatoms. The van der Waals surface area contributed by atoms with Gasteiger partial charge in [-0.3, -0.25) is 4.79 Å². The number of hydrogen-bond donors (Lipinski definition) is 2. The summed E-state index contributed by atoms with van der Waals surface area (Å²) in [4.78, 5) is 11.8. The van der Waals surface area contributed by atoms with Gasteiger partial charge in [0.15, 0.2) is 6.29 Å². The fourth-order valence-electron chi connectivity index (χ4n) is 1.91. The first-order chi connectivity index (χ1) is 9.04. The Morgan fingerprint density at radius 2 is 2.05 bits per heavy atom. The van der Waals surface area contributed by atoms with Crippen LogP contribution < -0.4 is 15.0 Å². The molecular weight excluding hydrogens is 250 g/mol. The smallest absolute Gasteiger partial charge is 0.254 e. The van der Waals surface area contributed by atoms with Crippen LogP contribution in [0.2, 0.25) is 0 Å². The van der Waals surface area contributed by atoms with Crippen LogP contribution in [-0.2, 0) is 7.05 Å². The van der Waals surface area contributed by atoms with Gasteiger partial charge >= 0.3 is 0 Å². The molecule has 0 aliphatic carbocycles. The zero-order valence-corrected chi connectivity index (χ0v) is 10.7. The second-order valence-electron chi connectivity index (χ2n) is 4.05. The van der Waals surface area contributed by atoms with Crippen molar-refractivity contribution in [1.29, 1.82) is 0 Å². The van der Waals surface area contributed by atoms with Gasteiger partial charge in [0.1, 0.15) is 18.1 Å². The van der Waals surface area contributed by atoms with Crippen LogP contribution in [0.5, 0.6) is 11.5 Å². The van der Waals surface area contributed by atoms with Gasteiger partial charge in [0.25, 0.3) is 5.56 Å². The van der Waals surface area contributed by atoms with Gasteiger partial charge in [-0.25, -0.2) is 0 Å². The molecule has 0 spiro atoms.